The second-order valence-corrected chi connectivity index (χ2v) is 6.12. The standard InChI is InChI=1S/C16H23FN6OS/c1-20-12-4-2-3-5-13(12)22-16-11(17)6-10(14(19)24)15(23-16)21-9(7-18)8-25/h6-8,12-13,18,20,25H,2-5H2,1H3,(H2,19,24)(H2,21,22,23)/b9-8+,18-7?. The van der Waals surface area contributed by atoms with E-state index in [9.17, 15) is 9.18 Å². The first-order valence-electron chi connectivity index (χ1n) is 8.06. The van der Waals surface area contributed by atoms with Crippen molar-refractivity contribution < 1.29 is 9.18 Å². The molecule has 1 aliphatic rings. The maximum atomic E-state index is 14.4. The number of nitrogens with zero attached hydrogens (tertiary/aromatic N) is 1. The lowest BCUT2D eigenvalue weighted by molar-refractivity contribution is 0.100. The summed E-state index contributed by atoms with van der Waals surface area (Å²) in [5.41, 5.74) is 5.51. The summed E-state index contributed by atoms with van der Waals surface area (Å²) in [6, 6.07) is 1.31. The molecule has 0 aromatic carbocycles. The van der Waals surface area contributed by atoms with Gasteiger partial charge in [0.05, 0.1) is 11.3 Å². The summed E-state index contributed by atoms with van der Waals surface area (Å²) < 4.78 is 14.4. The van der Waals surface area contributed by atoms with Gasteiger partial charge in [-0.05, 0) is 31.4 Å². The zero-order valence-electron chi connectivity index (χ0n) is 14.0. The third kappa shape index (κ3) is 4.70. The van der Waals surface area contributed by atoms with Crippen molar-refractivity contribution in [2.75, 3.05) is 17.7 Å². The summed E-state index contributed by atoms with van der Waals surface area (Å²) in [6.07, 6.45) is 5.09. The number of amides is 1. The van der Waals surface area contributed by atoms with E-state index in [2.05, 4.69) is 33.6 Å². The van der Waals surface area contributed by atoms with Gasteiger partial charge in [-0.2, -0.15) is 0 Å². The number of primary amides is 1. The number of carbonyl (C=O) groups excluding carboxylic acids is 1. The van der Waals surface area contributed by atoms with Crippen molar-refractivity contribution in [3.8, 4) is 0 Å². The summed E-state index contributed by atoms with van der Waals surface area (Å²) in [5.74, 6) is -1.33. The Morgan fingerprint density at radius 3 is 2.64 bits per heavy atom. The number of pyridine rings is 1. The molecule has 6 N–H and O–H groups in total. The molecule has 1 aromatic heterocycles. The largest absolute Gasteiger partial charge is 0.365 e. The third-order valence-electron chi connectivity index (χ3n) is 4.26. The highest BCUT2D eigenvalue weighted by atomic mass is 32.1. The monoisotopic (exact) mass is 366 g/mol. The Labute approximate surface area is 151 Å². The summed E-state index contributed by atoms with van der Waals surface area (Å²) in [7, 11) is 1.88. The van der Waals surface area contributed by atoms with Crippen molar-refractivity contribution in [1.82, 2.24) is 10.3 Å². The maximum absolute atomic E-state index is 14.4. The lowest BCUT2D eigenvalue weighted by atomic mass is 9.90. The van der Waals surface area contributed by atoms with Crippen molar-refractivity contribution in [1.29, 1.82) is 5.41 Å². The van der Waals surface area contributed by atoms with Crippen LogP contribution in [0.5, 0.6) is 0 Å². The molecule has 9 heteroatoms. The van der Waals surface area contributed by atoms with Gasteiger partial charge < -0.3 is 27.1 Å². The molecule has 2 rings (SSSR count). The van der Waals surface area contributed by atoms with Gasteiger partial charge in [0, 0.05) is 18.3 Å². The Kier molecular flexibility index (Phi) is 6.77. The van der Waals surface area contributed by atoms with Crippen LogP contribution in [0, 0.1) is 11.2 Å². The van der Waals surface area contributed by atoms with Gasteiger partial charge in [0.25, 0.3) is 5.91 Å². The van der Waals surface area contributed by atoms with E-state index in [-0.39, 0.29) is 29.3 Å². The minimum Gasteiger partial charge on any atom is -0.365 e. The van der Waals surface area contributed by atoms with Crippen LogP contribution in [0.4, 0.5) is 16.0 Å². The average Bonchev–Trinajstić information content (AvgIpc) is 2.62. The summed E-state index contributed by atoms with van der Waals surface area (Å²) in [4.78, 5) is 15.8. The van der Waals surface area contributed by atoms with E-state index in [4.69, 9.17) is 11.1 Å². The number of hydrogen-bond donors (Lipinski definition) is 6. The number of anilines is 2. The molecule has 25 heavy (non-hydrogen) atoms. The molecule has 0 aliphatic heterocycles. The van der Waals surface area contributed by atoms with Crippen LogP contribution in [0.15, 0.2) is 17.2 Å². The van der Waals surface area contributed by atoms with Gasteiger partial charge in [0.2, 0.25) is 0 Å². The lowest BCUT2D eigenvalue weighted by Crippen LogP contribution is -2.45. The SMILES string of the molecule is CNC1CCCCC1Nc1nc(N/C(C=N)=C/S)c(C(N)=O)cc1F. The van der Waals surface area contributed by atoms with Gasteiger partial charge >= 0.3 is 0 Å². The predicted molar refractivity (Wildman–Crippen MR) is 101 cm³/mol. The molecular weight excluding hydrogens is 343 g/mol. The number of allylic oxidation sites excluding steroid dienone is 1. The molecule has 1 aliphatic carbocycles. The maximum Gasteiger partial charge on any atom is 0.252 e. The van der Waals surface area contributed by atoms with Crippen LogP contribution < -0.4 is 21.7 Å². The van der Waals surface area contributed by atoms with Gasteiger partial charge in [0.15, 0.2) is 11.6 Å². The number of aromatic nitrogens is 1. The number of nitrogens with one attached hydrogen (secondary N) is 4. The highest BCUT2D eigenvalue weighted by molar-refractivity contribution is 7.83. The molecule has 0 bridgehead atoms. The minimum atomic E-state index is -0.810. The molecule has 0 spiro atoms. The second kappa shape index (κ2) is 8.82. The van der Waals surface area contributed by atoms with E-state index in [0.717, 1.165) is 38.0 Å². The summed E-state index contributed by atoms with van der Waals surface area (Å²) in [5, 5.41) is 17.8. The molecule has 1 saturated carbocycles. The van der Waals surface area contributed by atoms with Crippen molar-refractivity contribution in [2.24, 2.45) is 5.73 Å². The molecule has 1 amide bonds. The first kappa shape index (κ1) is 19.2. The smallest absolute Gasteiger partial charge is 0.252 e. The Hall–Kier alpha value is -2.13. The van der Waals surface area contributed by atoms with E-state index < -0.39 is 11.7 Å². The molecule has 7 nitrogen and oxygen atoms in total. The quantitative estimate of drug-likeness (QED) is 0.327. The molecule has 0 radical (unpaired) electrons. The predicted octanol–water partition coefficient (Wildman–Crippen LogP) is 2.09. The fraction of sp³-hybridized carbons (Fsp3) is 0.438. The van der Waals surface area contributed by atoms with E-state index in [1.807, 2.05) is 7.05 Å². The molecular formula is C16H23FN6OS. The molecule has 1 aromatic rings. The summed E-state index contributed by atoms with van der Waals surface area (Å²) >= 11 is 3.97. The van der Waals surface area contributed by atoms with Gasteiger partial charge in [0.1, 0.15) is 5.82 Å². The number of hydrogen-bond acceptors (Lipinski definition) is 7. The van der Waals surface area contributed by atoms with E-state index in [1.165, 1.54) is 5.41 Å². The fourth-order valence-electron chi connectivity index (χ4n) is 2.94. The highest BCUT2D eigenvalue weighted by Gasteiger charge is 2.26. The van der Waals surface area contributed by atoms with Gasteiger partial charge in [-0.3, -0.25) is 4.79 Å². The molecule has 2 atom stereocenters. The van der Waals surface area contributed by atoms with Gasteiger partial charge in [-0.15, -0.1) is 12.6 Å². The number of halogens is 1. The lowest BCUT2D eigenvalue weighted by Gasteiger charge is -2.32. The highest BCUT2D eigenvalue weighted by Crippen LogP contribution is 2.26. The van der Waals surface area contributed by atoms with Crippen LogP contribution >= 0.6 is 12.6 Å². The van der Waals surface area contributed by atoms with Crippen LogP contribution in [-0.2, 0) is 0 Å². The van der Waals surface area contributed by atoms with Crippen molar-refractivity contribution in [3.63, 3.8) is 0 Å². The Morgan fingerprint density at radius 2 is 2.08 bits per heavy atom. The van der Waals surface area contributed by atoms with Crippen molar-refractivity contribution >= 4 is 36.4 Å². The van der Waals surface area contributed by atoms with E-state index >= 15 is 0 Å². The Bertz CT molecular complexity index is 681. The van der Waals surface area contributed by atoms with Gasteiger partial charge in [-0.1, -0.05) is 12.8 Å². The topological polar surface area (TPSA) is 116 Å². The van der Waals surface area contributed by atoms with Crippen LogP contribution in [0.2, 0.25) is 0 Å². The molecule has 1 heterocycles. The van der Waals surface area contributed by atoms with Crippen LogP contribution in [-0.4, -0.2) is 36.2 Å². The molecule has 2 unspecified atom stereocenters. The van der Waals surface area contributed by atoms with Crippen molar-refractivity contribution in [3.05, 3.63) is 28.6 Å². The van der Waals surface area contributed by atoms with Crippen LogP contribution in [0.3, 0.4) is 0 Å². The zero-order chi connectivity index (χ0) is 18.4. The number of likely N-dealkylation sites (N-methyl/N-ethyl adjacent to an activating group) is 1. The molecule has 0 saturated heterocycles. The Balaban J connectivity index is 2.34. The van der Waals surface area contributed by atoms with Gasteiger partial charge in [-0.25, -0.2) is 9.37 Å². The van der Waals surface area contributed by atoms with Crippen LogP contribution in [0.1, 0.15) is 36.0 Å². The van der Waals surface area contributed by atoms with Crippen molar-refractivity contribution in [2.45, 2.75) is 37.8 Å². The summed E-state index contributed by atoms with van der Waals surface area (Å²) in [6.45, 7) is 0. The number of thiol groups is 1. The second-order valence-electron chi connectivity index (χ2n) is 5.86. The normalized spacial score (nSPS) is 20.8. The zero-order valence-corrected chi connectivity index (χ0v) is 14.9. The first-order valence-corrected chi connectivity index (χ1v) is 8.57. The average molecular weight is 366 g/mol. The molecule has 1 fully saturated rings. The third-order valence-corrected chi connectivity index (χ3v) is 4.54. The van der Waals surface area contributed by atoms with E-state index in [1.54, 1.807) is 0 Å². The Morgan fingerprint density at radius 1 is 1.40 bits per heavy atom. The minimum absolute atomic E-state index is 0.0376. The molecule has 136 valence electrons. The number of rotatable bonds is 7. The number of nitrogens with two attached hydrogens (primary N) is 1. The fourth-order valence-corrected chi connectivity index (χ4v) is 3.08. The van der Waals surface area contributed by atoms with Crippen LogP contribution in [0.25, 0.3) is 0 Å². The number of carbonyl (C=O) groups is 1. The first-order chi connectivity index (χ1) is 12.0. The van der Waals surface area contributed by atoms with E-state index in [0.29, 0.717) is 5.70 Å².